The van der Waals surface area contributed by atoms with Gasteiger partial charge in [0.25, 0.3) is 11.5 Å². The standard InChI is InChI=1S/C25H19ClN6O2S/c26-23-11-10-22(35-23)25(34)28-14-18-15-32(30-29-18)21-9-8-19(31-12-2-1-3-24(31)33)13-20(21)16-4-6-17(27)7-5-16/h1-13,15H,14,27H2,(H,28,34). The Bertz CT molecular complexity index is 1570. The van der Waals surface area contributed by atoms with Gasteiger partial charge in [-0.2, -0.15) is 0 Å². The van der Waals surface area contributed by atoms with Gasteiger partial charge in [-0.05, 0) is 54.1 Å². The maximum atomic E-state index is 12.4. The van der Waals surface area contributed by atoms with Crippen LogP contribution in [0, 0.1) is 0 Å². The SMILES string of the molecule is Nc1ccc(-c2cc(-n3ccccc3=O)ccc2-n2cc(CNC(=O)c3ccc(Cl)s3)nn2)cc1. The summed E-state index contributed by atoms with van der Waals surface area (Å²) < 4.78 is 3.77. The van der Waals surface area contributed by atoms with Crippen LogP contribution < -0.4 is 16.6 Å². The summed E-state index contributed by atoms with van der Waals surface area (Å²) in [5.41, 5.74) is 10.2. The van der Waals surface area contributed by atoms with Crippen LogP contribution in [-0.4, -0.2) is 25.5 Å². The lowest BCUT2D eigenvalue weighted by atomic mass is 10.0. The van der Waals surface area contributed by atoms with Crippen LogP contribution in [0.2, 0.25) is 4.34 Å². The van der Waals surface area contributed by atoms with Crippen LogP contribution in [0.3, 0.4) is 0 Å². The van der Waals surface area contributed by atoms with E-state index < -0.39 is 0 Å². The van der Waals surface area contributed by atoms with Crippen LogP contribution in [0.1, 0.15) is 15.4 Å². The van der Waals surface area contributed by atoms with Crippen molar-refractivity contribution < 1.29 is 4.79 Å². The molecule has 0 aliphatic carbocycles. The van der Waals surface area contributed by atoms with Gasteiger partial charge in [0.05, 0.1) is 27.6 Å². The zero-order valence-corrected chi connectivity index (χ0v) is 19.8. The summed E-state index contributed by atoms with van der Waals surface area (Å²) in [4.78, 5) is 25.2. The van der Waals surface area contributed by atoms with Crippen molar-refractivity contribution in [3.05, 3.63) is 110 Å². The van der Waals surface area contributed by atoms with Crippen molar-refractivity contribution in [3.8, 4) is 22.5 Å². The number of nitrogen functional groups attached to an aromatic ring is 1. The number of benzene rings is 2. The van der Waals surface area contributed by atoms with Crippen molar-refractivity contribution in [2.75, 3.05) is 5.73 Å². The van der Waals surface area contributed by atoms with E-state index in [0.29, 0.717) is 26.3 Å². The first-order valence-corrected chi connectivity index (χ1v) is 11.8. The molecule has 5 rings (SSSR count). The van der Waals surface area contributed by atoms with Gasteiger partial charge in [0.1, 0.15) is 5.69 Å². The number of anilines is 1. The highest BCUT2D eigenvalue weighted by atomic mass is 35.5. The molecule has 5 aromatic rings. The van der Waals surface area contributed by atoms with Crippen molar-refractivity contribution in [3.63, 3.8) is 0 Å². The molecule has 174 valence electrons. The van der Waals surface area contributed by atoms with Gasteiger partial charge >= 0.3 is 0 Å². The first kappa shape index (κ1) is 22.6. The Labute approximate surface area is 209 Å². The molecule has 1 amide bonds. The highest BCUT2D eigenvalue weighted by Gasteiger charge is 2.14. The molecule has 3 aromatic heterocycles. The van der Waals surface area contributed by atoms with Crippen LogP contribution in [0.5, 0.6) is 0 Å². The third-order valence-electron chi connectivity index (χ3n) is 5.32. The number of halogens is 1. The second-order valence-corrected chi connectivity index (χ2v) is 9.39. The highest BCUT2D eigenvalue weighted by Crippen LogP contribution is 2.29. The smallest absolute Gasteiger partial charge is 0.261 e. The third kappa shape index (κ3) is 4.86. The molecule has 3 N–H and O–H groups in total. The fourth-order valence-electron chi connectivity index (χ4n) is 3.60. The zero-order chi connectivity index (χ0) is 24.4. The summed E-state index contributed by atoms with van der Waals surface area (Å²) in [6, 6.07) is 21.5. The summed E-state index contributed by atoms with van der Waals surface area (Å²) >= 11 is 7.13. The van der Waals surface area contributed by atoms with Crippen molar-refractivity contribution in [2.45, 2.75) is 6.54 Å². The Morgan fingerprint density at radius 3 is 2.63 bits per heavy atom. The normalized spacial score (nSPS) is 10.9. The molecule has 0 fully saturated rings. The van der Waals surface area contributed by atoms with Gasteiger partial charge in [0.2, 0.25) is 0 Å². The molecule has 0 radical (unpaired) electrons. The molecule has 2 aromatic carbocycles. The molecular formula is C25H19ClN6O2S. The van der Waals surface area contributed by atoms with Crippen molar-refractivity contribution in [1.29, 1.82) is 0 Å². The largest absolute Gasteiger partial charge is 0.399 e. The van der Waals surface area contributed by atoms with Crippen LogP contribution in [-0.2, 0) is 6.54 Å². The third-order valence-corrected chi connectivity index (χ3v) is 6.55. The van der Waals surface area contributed by atoms with Gasteiger partial charge in [0, 0.05) is 29.2 Å². The Balaban J connectivity index is 1.48. The van der Waals surface area contributed by atoms with Crippen LogP contribution in [0.25, 0.3) is 22.5 Å². The predicted octanol–water partition coefficient (Wildman–Crippen LogP) is 4.31. The van der Waals surface area contributed by atoms with Gasteiger partial charge in [-0.15, -0.1) is 16.4 Å². The van der Waals surface area contributed by atoms with E-state index in [0.717, 1.165) is 16.8 Å². The minimum absolute atomic E-state index is 0.130. The molecule has 0 saturated carbocycles. The van der Waals surface area contributed by atoms with Crippen molar-refractivity contribution >= 4 is 34.5 Å². The van der Waals surface area contributed by atoms with Crippen molar-refractivity contribution in [2.24, 2.45) is 0 Å². The molecule has 0 aliphatic rings. The second kappa shape index (κ2) is 9.57. The van der Waals surface area contributed by atoms with Gasteiger partial charge in [-0.25, -0.2) is 4.68 Å². The summed E-state index contributed by atoms with van der Waals surface area (Å²) in [7, 11) is 0. The fourth-order valence-corrected chi connectivity index (χ4v) is 4.56. The van der Waals surface area contributed by atoms with Crippen LogP contribution in [0.15, 0.2) is 90.0 Å². The van der Waals surface area contributed by atoms with E-state index in [9.17, 15) is 9.59 Å². The molecule has 0 bridgehead atoms. The number of nitrogens with zero attached hydrogens (tertiary/aromatic N) is 4. The van der Waals surface area contributed by atoms with Crippen LogP contribution >= 0.6 is 22.9 Å². The quantitative estimate of drug-likeness (QED) is 0.336. The van der Waals surface area contributed by atoms with E-state index in [1.165, 1.54) is 17.4 Å². The first-order chi connectivity index (χ1) is 17.0. The molecule has 0 unspecified atom stereocenters. The van der Waals surface area contributed by atoms with E-state index in [-0.39, 0.29) is 18.0 Å². The van der Waals surface area contributed by atoms with E-state index in [4.69, 9.17) is 17.3 Å². The lowest BCUT2D eigenvalue weighted by molar-refractivity contribution is 0.0954. The number of hydrogen-bond acceptors (Lipinski definition) is 6. The lowest BCUT2D eigenvalue weighted by Gasteiger charge is -2.13. The molecule has 0 spiro atoms. The van der Waals surface area contributed by atoms with E-state index in [1.807, 2.05) is 42.5 Å². The summed E-state index contributed by atoms with van der Waals surface area (Å²) in [6.07, 6.45) is 3.48. The number of rotatable bonds is 6. The number of nitrogens with two attached hydrogens (primary N) is 1. The number of carbonyl (C=O) groups is 1. The van der Waals surface area contributed by atoms with Gasteiger partial charge in [-0.3, -0.25) is 14.2 Å². The number of carbonyl (C=O) groups excluding carboxylic acids is 1. The maximum Gasteiger partial charge on any atom is 0.261 e. The molecule has 0 saturated heterocycles. The second-order valence-electron chi connectivity index (χ2n) is 7.67. The number of thiophene rings is 1. The Hall–Kier alpha value is -4.21. The molecule has 0 atom stereocenters. The molecule has 10 heteroatoms. The average molecular weight is 503 g/mol. The molecule has 3 heterocycles. The lowest BCUT2D eigenvalue weighted by Crippen LogP contribution is -2.21. The monoisotopic (exact) mass is 502 g/mol. The van der Waals surface area contributed by atoms with Crippen molar-refractivity contribution in [1.82, 2.24) is 24.9 Å². The van der Waals surface area contributed by atoms with Gasteiger partial charge in [0.15, 0.2) is 0 Å². The molecule has 35 heavy (non-hydrogen) atoms. The Morgan fingerprint density at radius 1 is 1.06 bits per heavy atom. The van der Waals surface area contributed by atoms with Gasteiger partial charge < -0.3 is 11.1 Å². The zero-order valence-electron chi connectivity index (χ0n) is 18.3. The summed E-state index contributed by atoms with van der Waals surface area (Å²) in [5.74, 6) is -0.225. The first-order valence-electron chi connectivity index (χ1n) is 10.6. The number of hydrogen-bond donors (Lipinski definition) is 2. The fraction of sp³-hybridized carbons (Fsp3) is 0.0400. The topological polar surface area (TPSA) is 108 Å². The number of aromatic nitrogens is 4. The average Bonchev–Trinajstić information content (AvgIpc) is 3.52. The Kier molecular flexibility index (Phi) is 6.17. The number of nitrogens with one attached hydrogen (secondary N) is 1. The Morgan fingerprint density at radius 2 is 1.89 bits per heavy atom. The number of pyridine rings is 1. The van der Waals surface area contributed by atoms with E-state index >= 15 is 0 Å². The van der Waals surface area contributed by atoms with Crippen LogP contribution in [0.4, 0.5) is 5.69 Å². The van der Waals surface area contributed by atoms with E-state index in [1.54, 1.807) is 45.9 Å². The van der Waals surface area contributed by atoms with E-state index in [2.05, 4.69) is 15.6 Å². The summed E-state index contributed by atoms with van der Waals surface area (Å²) in [5, 5.41) is 11.3. The molecular weight excluding hydrogens is 484 g/mol. The van der Waals surface area contributed by atoms with Gasteiger partial charge in [-0.1, -0.05) is 35.0 Å². The molecule has 0 aliphatic heterocycles. The molecule has 8 nitrogen and oxygen atoms in total. The minimum atomic E-state index is -0.225. The predicted molar refractivity (Wildman–Crippen MR) is 137 cm³/mol. The summed E-state index contributed by atoms with van der Waals surface area (Å²) in [6.45, 7) is 0.211. The maximum absolute atomic E-state index is 12.4. The minimum Gasteiger partial charge on any atom is -0.399 e. The number of amides is 1. The highest BCUT2D eigenvalue weighted by molar-refractivity contribution is 7.17.